The SMILES string of the molecule is COc1ccc(Cc2ncc3c(n2)CN(C(=O)C2(C)CC(C)=NO2)C3)cc1. The van der Waals surface area contributed by atoms with Crippen LogP contribution in [0.25, 0.3) is 0 Å². The van der Waals surface area contributed by atoms with Crippen molar-refractivity contribution in [3.8, 4) is 5.75 Å². The molecule has 140 valence electrons. The van der Waals surface area contributed by atoms with E-state index < -0.39 is 5.60 Å². The van der Waals surface area contributed by atoms with Gasteiger partial charge in [0.15, 0.2) is 0 Å². The second-order valence-electron chi connectivity index (χ2n) is 7.27. The van der Waals surface area contributed by atoms with Crippen molar-refractivity contribution in [2.45, 2.75) is 45.4 Å². The first-order chi connectivity index (χ1) is 13.0. The number of hydrogen-bond donors (Lipinski definition) is 0. The molecule has 2 aliphatic rings. The number of methoxy groups -OCH3 is 1. The average Bonchev–Trinajstić information content (AvgIpc) is 3.25. The number of carbonyl (C=O) groups is 1. The maximum atomic E-state index is 12.9. The van der Waals surface area contributed by atoms with E-state index in [9.17, 15) is 4.79 Å². The lowest BCUT2D eigenvalue weighted by Crippen LogP contribution is -2.45. The molecule has 0 N–H and O–H groups in total. The predicted molar refractivity (Wildman–Crippen MR) is 99.3 cm³/mol. The van der Waals surface area contributed by atoms with E-state index in [1.807, 2.05) is 37.4 Å². The molecule has 2 aliphatic heterocycles. The van der Waals surface area contributed by atoms with Crippen LogP contribution in [-0.2, 0) is 29.1 Å². The Labute approximate surface area is 158 Å². The van der Waals surface area contributed by atoms with Crippen LogP contribution in [0.1, 0.15) is 42.9 Å². The van der Waals surface area contributed by atoms with Gasteiger partial charge in [-0.15, -0.1) is 0 Å². The first kappa shape index (κ1) is 17.5. The minimum Gasteiger partial charge on any atom is -0.497 e. The number of amides is 1. The number of aromatic nitrogens is 2. The van der Waals surface area contributed by atoms with E-state index in [4.69, 9.17) is 9.57 Å². The molecule has 1 aromatic carbocycles. The zero-order valence-electron chi connectivity index (χ0n) is 15.7. The molecule has 1 amide bonds. The molecule has 0 saturated carbocycles. The van der Waals surface area contributed by atoms with Crippen molar-refractivity contribution >= 4 is 11.6 Å². The Balaban J connectivity index is 1.46. The minimum absolute atomic E-state index is 0.0576. The smallest absolute Gasteiger partial charge is 0.270 e. The van der Waals surface area contributed by atoms with E-state index in [1.54, 1.807) is 18.9 Å². The molecule has 2 aromatic rings. The standard InChI is InChI=1S/C20H22N4O3/c1-13-9-20(2,27-23-13)19(25)24-11-15-10-21-18(22-17(15)12-24)8-14-4-6-16(26-3)7-5-14/h4-7,10H,8-9,11-12H2,1-3H3. The fraction of sp³-hybridized carbons (Fsp3) is 0.400. The van der Waals surface area contributed by atoms with Crippen LogP contribution < -0.4 is 4.74 Å². The molecule has 0 saturated heterocycles. The van der Waals surface area contributed by atoms with Crippen LogP contribution in [0.2, 0.25) is 0 Å². The quantitative estimate of drug-likeness (QED) is 0.831. The summed E-state index contributed by atoms with van der Waals surface area (Å²) in [6.45, 7) is 4.65. The molecule has 27 heavy (non-hydrogen) atoms. The zero-order valence-corrected chi connectivity index (χ0v) is 15.7. The van der Waals surface area contributed by atoms with Crippen molar-refractivity contribution in [2.75, 3.05) is 7.11 Å². The largest absolute Gasteiger partial charge is 0.497 e. The fourth-order valence-corrected chi connectivity index (χ4v) is 3.53. The molecule has 0 fully saturated rings. The summed E-state index contributed by atoms with van der Waals surface area (Å²) in [7, 11) is 1.65. The van der Waals surface area contributed by atoms with Gasteiger partial charge in [-0.3, -0.25) is 4.79 Å². The van der Waals surface area contributed by atoms with Crippen molar-refractivity contribution in [2.24, 2.45) is 5.16 Å². The van der Waals surface area contributed by atoms with Crippen LogP contribution >= 0.6 is 0 Å². The number of hydrogen-bond acceptors (Lipinski definition) is 6. The van der Waals surface area contributed by atoms with Gasteiger partial charge in [-0.25, -0.2) is 9.97 Å². The Kier molecular flexibility index (Phi) is 4.30. The number of rotatable bonds is 4. The monoisotopic (exact) mass is 366 g/mol. The highest BCUT2D eigenvalue weighted by Gasteiger charge is 2.44. The average molecular weight is 366 g/mol. The van der Waals surface area contributed by atoms with Crippen molar-refractivity contribution in [3.05, 3.63) is 53.1 Å². The summed E-state index contributed by atoms with van der Waals surface area (Å²) < 4.78 is 5.18. The predicted octanol–water partition coefficient (Wildman–Crippen LogP) is 2.47. The number of oxime groups is 1. The Morgan fingerprint density at radius 2 is 2.07 bits per heavy atom. The Bertz CT molecular complexity index is 910. The molecule has 0 spiro atoms. The van der Waals surface area contributed by atoms with E-state index in [2.05, 4.69) is 15.1 Å². The van der Waals surface area contributed by atoms with E-state index in [1.165, 1.54) is 0 Å². The van der Waals surface area contributed by atoms with Gasteiger partial charge >= 0.3 is 0 Å². The summed E-state index contributed by atoms with van der Waals surface area (Å²) in [6, 6.07) is 7.86. The number of carbonyl (C=O) groups excluding carboxylic acids is 1. The van der Waals surface area contributed by atoms with E-state index >= 15 is 0 Å². The summed E-state index contributed by atoms with van der Waals surface area (Å²) in [5, 5.41) is 3.94. The molecule has 4 rings (SSSR count). The van der Waals surface area contributed by atoms with Crippen LogP contribution in [-0.4, -0.2) is 39.2 Å². The van der Waals surface area contributed by atoms with Crippen molar-refractivity contribution in [1.82, 2.24) is 14.9 Å². The number of benzene rings is 1. The summed E-state index contributed by atoms with van der Waals surface area (Å²) in [6.07, 6.45) is 2.99. The summed E-state index contributed by atoms with van der Waals surface area (Å²) in [4.78, 5) is 29.2. The maximum absolute atomic E-state index is 12.9. The first-order valence-electron chi connectivity index (χ1n) is 8.94. The van der Waals surface area contributed by atoms with Crippen molar-refractivity contribution in [1.29, 1.82) is 0 Å². The summed E-state index contributed by atoms with van der Waals surface area (Å²) in [5.74, 6) is 1.51. The van der Waals surface area contributed by atoms with Gasteiger partial charge in [-0.2, -0.15) is 0 Å². The Morgan fingerprint density at radius 1 is 1.30 bits per heavy atom. The Hall–Kier alpha value is -2.96. The third kappa shape index (κ3) is 3.37. The third-order valence-electron chi connectivity index (χ3n) is 4.96. The number of ether oxygens (including phenoxy) is 1. The van der Waals surface area contributed by atoms with E-state index in [0.717, 1.165) is 34.1 Å². The molecular formula is C20H22N4O3. The highest BCUT2D eigenvalue weighted by Crippen LogP contribution is 2.30. The molecule has 0 bridgehead atoms. The van der Waals surface area contributed by atoms with Crippen LogP contribution in [0.5, 0.6) is 5.75 Å². The molecule has 0 radical (unpaired) electrons. The second-order valence-corrected chi connectivity index (χ2v) is 7.27. The number of fused-ring (bicyclic) bond motifs is 1. The summed E-state index contributed by atoms with van der Waals surface area (Å²) in [5.41, 5.74) is 2.93. The van der Waals surface area contributed by atoms with Gasteiger partial charge in [0.25, 0.3) is 5.91 Å². The van der Waals surface area contributed by atoms with Crippen LogP contribution in [0, 0.1) is 0 Å². The lowest BCUT2D eigenvalue weighted by Gasteiger charge is -2.26. The van der Waals surface area contributed by atoms with Crippen LogP contribution in [0.4, 0.5) is 0 Å². The first-order valence-corrected chi connectivity index (χ1v) is 8.94. The van der Waals surface area contributed by atoms with Gasteiger partial charge in [0.05, 0.1) is 25.1 Å². The van der Waals surface area contributed by atoms with Gasteiger partial charge in [0, 0.05) is 31.1 Å². The van der Waals surface area contributed by atoms with Gasteiger partial charge in [0.1, 0.15) is 11.6 Å². The molecule has 7 heteroatoms. The molecule has 1 aromatic heterocycles. The topological polar surface area (TPSA) is 76.9 Å². The Morgan fingerprint density at radius 3 is 2.74 bits per heavy atom. The molecule has 1 unspecified atom stereocenters. The van der Waals surface area contributed by atoms with Crippen LogP contribution in [0.3, 0.4) is 0 Å². The van der Waals surface area contributed by atoms with Gasteiger partial charge in [-0.05, 0) is 31.5 Å². The second kappa shape index (κ2) is 6.64. The van der Waals surface area contributed by atoms with Gasteiger partial charge in [0.2, 0.25) is 5.60 Å². The molecule has 0 aliphatic carbocycles. The minimum atomic E-state index is -0.911. The maximum Gasteiger partial charge on any atom is 0.270 e. The third-order valence-corrected chi connectivity index (χ3v) is 4.96. The van der Waals surface area contributed by atoms with E-state index in [-0.39, 0.29) is 5.91 Å². The molecule has 7 nitrogen and oxygen atoms in total. The lowest BCUT2D eigenvalue weighted by atomic mass is 9.99. The summed E-state index contributed by atoms with van der Waals surface area (Å²) >= 11 is 0. The highest BCUT2D eigenvalue weighted by molar-refractivity contribution is 5.94. The number of nitrogens with zero attached hydrogens (tertiary/aromatic N) is 4. The van der Waals surface area contributed by atoms with Crippen LogP contribution in [0.15, 0.2) is 35.6 Å². The van der Waals surface area contributed by atoms with Crippen molar-refractivity contribution < 1.29 is 14.4 Å². The van der Waals surface area contributed by atoms with Gasteiger partial charge < -0.3 is 14.5 Å². The molecule has 1 atom stereocenters. The van der Waals surface area contributed by atoms with Gasteiger partial charge in [-0.1, -0.05) is 17.3 Å². The normalized spacial score (nSPS) is 20.9. The lowest BCUT2D eigenvalue weighted by molar-refractivity contribution is -0.153. The molecular weight excluding hydrogens is 344 g/mol. The van der Waals surface area contributed by atoms with Crippen molar-refractivity contribution in [3.63, 3.8) is 0 Å². The van der Waals surface area contributed by atoms with E-state index in [0.29, 0.717) is 25.9 Å². The fourth-order valence-electron chi connectivity index (χ4n) is 3.53. The zero-order chi connectivity index (χ0) is 19.0. The molecule has 3 heterocycles. The highest BCUT2D eigenvalue weighted by atomic mass is 16.7.